The molecule has 18 heavy (non-hydrogen) atoms. The summed E-state index contributed by atoms with van der Waals surface area (Å²) in [5.41, 5.74) is 1.32. The molecular formula is C12H13N3O2S. The molecule has 0 aliphatic heterocycles. The maximum Gasteiger partial charge on any atom is 0.341 e. The van der Waals surface area contributed by atoms with Crippen molar-refractivity contribution in [2.75, 3.05) is 5.32 Å². The summed E-state index contributed by atoms with van der Waals surface area (Å²) in [6.07, 6.45) is 3.47. The fourth-order valence-corrected chi connectivity index (χ4v) is 2.33. The van der Waals surface area contributed by atoms with Gasteiger partial charge in [-0.15, -0.1) is 0 Å². The summed E-state index contributed by atoms with van der Waals surface area (Å²) in [5, 5.41) is 16.2. The molecule has 0 saturated carbocycles. The molecule has 94 valence electrons. The summed E-state index contributed by atoms with van der Waals surface area (Å²) in [6.45, 7) is 1.99. The number of aromatic nitrogens is 2. The average molecular weight is 263 g/mol. The minimum atomic E-state index is -1.03. The number of rotatable bonds is 5. The highest BCUT2D eigenvalue weighted by atomic mass is 32.1. The molecular weight excluding hydrogens is 250 g/mol. The molecule has 2 rings (SSSR count). The zero-order valence-corrected chi connectivity index (χ0v) is 10.6. The summed E-state index contributed by atoms with van der Waals surface area (Å²) in [5.74, 6) is -0.666. The molecule has 1 unspecified atom stereocenters. The number of anilines is 1. The normalized spacial score (nSPS) is 12.1. The maximum absolute atomic E-state index is 11.0. The zero-order valence-electron chi connectivity index (χ0n) is 9.83. The van der Waals surface area contributed by atoms with Crippen LogP contribution >= 0.6 is 11.3 Å². The van der Waals surface area contributed by atoms with Crippen LogP contribution in [0.4, 0.5) is 5.82 Å². The third-order valence-electron chi connectivity index (χ3n) is 2.45. The fraction of sp³-hybridized carbons (Fsp3) is 0.250. The summed E-state index contributed by atoms with van der Waals surface area (Å²) in [7, 11) is 0. The Kier molecular flexibility index (Phi) is 3.88. The summed E-state index contributed by atoms with van der Waals surface area (Å²) in [6, 6.07) is 2.16. The van der Waals surface area contributed by atoms with Crippen molar-refractivity contribution in [1.29, 1.82) is 0 Å². The number of carboxylic acids is 1. The lowest BCUT2D eigenvalue weighted by Gasteiger charge is -2.14. The van der Waals surface area contributed by atoms with E-state index in [4.69, 9.17) is 5.11 Å². The molecule has 2 N–H and O–H groups in total. The van der Waals surface area contributed by atoms with Crippen LogP contribution in [0.25, 0.3) is 0 Å². The fourth-order valence-electron chi connectivity index (χ4n) is 1.65. The number of carboxylic acid groups (broad SMARTS) is 1. The van der Waals surface area contributed by atoms with E-state index in [1.807, 2.05) is 12.3 Å². The summed E-state index contributed by atoms with van der Waals surface area (Å²) >= 11 is 1.65. The Bertz CT molecular complexity index is 528. The predicted octanol–water partition coefficient (Wildman–Crippen LogP) is 2.28. The molecule has 0 amide bonds. The van der Waals surface area contributed by atoms with Crippen molar-refractivity contribution in [2.45, 2.75) is 19.4 Å². The number of hydrogen-bond acceptors (Lipinski definition) is 5. The van der Waals surface area contributed by atoms with Crippen molar-refractivity contribution >= 4 is 23.1 Å². The maximum atomic E-state index is 11.0. The van der Waals surface area contributed by atoms with Crippen LogP contribution in [0.1, 0.15) is 22.8 Å². The molecule has 0 bridgehead atoms. The lowest BCUT2D eigenvalue weighted by molar-refractivity contribution is 0.0697. The standard InChI is InChI=1S/C12H13N3O2S/c1-8(4-9-2-3-18-6-9)15-11-10(12(16)17)5-13-7-14-11/h2-3,5-8H,4H2,1H3,(H,16,17)(H,13,14,15). The Labute approximate surface area is 109 Å². The number of thiophene rings is 1. The molecule has 0 fully saturated rings. The van der Waals surface area contributed by atoms with Gasteiger partial charge in [-0.2, -0.15) is 11.3 Å². The number of nitrogens with one attached hydrogen (secondary N) is 1. The molecule has 0 spiro atoms. The number of hydrogen-bond donors (Lipinski definition) is 2. The van der Waals surface area contributed by atoms with Crippen molar-refractivity contribution in [3.63, 3.8) is 0 Å². The summed E-state index contributed by atoms with van der Waals surface area (Å²) < 4.78 is 0. The molecule has 0 aromatic carbocycles. The molecule has 2 aromatic rings. The number of carbonyl (C=O) groups is 1. The van der Waals surface area contributed by atoms with Gasteiger partial charge in [0.05, 0.1) is 0 Å². The zero-order chi connectivity index (χ0) is 13.0. The van der Waals surface area contributed by atoms with Crippen molar-refractivity contribution in [3.8, 4) is 0 Å². The lowest BCUT2D eigenvalue weighted by Crippen LogP contribution is -2.20. The van der Waals surface area contributed by atoms with Crippen molar-refractivity contribution in [1.82, 2.24) is 9.97 Å². The van der Waals surface area contributed by atoms with Crippen LogP contribution in [0.15, 0.2) is 29.4 Å². The second-order valence-corrected chi connectivity index (χ2v) is 4.75. The molecule has 2 heterocycles. The van der Waals surface area contributed by atoms with E-state index >= 15 is 0 Å². The SMILES string of the molecule is CC(Cc1ccsc1)Nc1ncncc1C(=O)O. The molecule has 0 aliphatic carbocycles. The highest BCUT2D eigenvalue weighted by molar-refractivity contribution is 7.07. The Hall–Kier alpha value is -1.95. The van der Waals surface area contributed by atoms with E-state index in [-0.39, 0.29) is 11.6 Å². The van der Waals surface area contributed by atoms with Crippen LogP contribution in [0.5, 0.6) is 0 Å². The van der Waals surface area contributed by atoms with Crippen LogP contribution in [0.3, 0.4) is 0 Å². The van der Waals surface area contributed by atoms with E-state index in [1.54, 1.807) is 11.3 Å². The highest BCUT2D eigenvalue weighted by Crippen LogP contribution is 2.14. The quantitative estimate of drug-likeness (QED) is 0.865. The first kappa shape index (κ1) is 12.5. The first-order chi connectivity index (χ1) is 8.66. The van der Waals surface area contributed by atoms with E-state index in [9.17, 15) is 4.79 Å². The van der Waals surface area contributed by atoms with Crippen LogP contribution in [0.2, 0.25) is 0 Å². The lowest BCUT2D eigenvalue weighted by atomic mass is 10.1. The highest BCUT2D eigenvalue weighted by Gasteiger charge is 2.13. The van der Waals surface area contributed by atoms with Crippen molar-refractivity contribution < 1.29 is 9.90 Å². The Morgan fingerprint density at radius 2 is 2.44 bits per heavy atom. The van der Waals surface area contributed by atoms with Gasteiger partial charge in [0.1, 0.15) is 17.7 Å². The molecule has 0 saturated heterocycles. The largest absolute Gasteiger partial charge is 0.477 e. The minimum absolute atomic E-state index is 0.0923. The van der Waals surface area contributed by atoms with Crippen LogP contribution in [-0.2, 0) is 6.42 Å². The first-order valence-electron chi connectivity index (χ1n) is 5.47. The van der Waals surface area contributed by atoms with Gasteiger partial charge in [0.25, 0.3) is 0 Å². The number of aromatic carboxylic acids is 1. The molecule has 0 radical (unpaired) electrons. The van der Waals surface area contributed by atoms with Crippen LogP contribution in [-0.4, -0.2) is 27.1 Å². The monoisotopic (exact) mass is 263 g/mol. The smallest absolute Gasteiger partial charge is 0.341 e. The van der Waals surface area contributed by atoms with Gasteiger partial charge in [-0.25, -0.2) is 14.8 Å². The van der Waals surface area contributed by atoms with E-state index in [0.29, 0.717) is 5.82 Å². The predicted molar refractivity (Wildman–Crippen MR) is 70.1 cm³/mol. The van der Waals surface area contributed by atoms with Crippen molar-refractivity contribution in [2.24, 2.45) is 0 Å². The topological polar surface area (TPSA) is 75.1 Å². The first-order valence-corrected chi connectivity index (χ1v) is 6.42. The van der Waals surface area contributed by atoms with Crippen LogP contribution < -0.4 is 5.32 Å². The number of nitrogens with zero attached hydrogens (tertiary/aromatic N) is 2. The van der Waals surface area contributed by atoms with Gasteiger partial charge in [-0.3, -0.25) is 0 Å². The molecule has 6 heteroatoms. The Morgan fingerprint density at radius 3 is 3.11 bits per heavy atom. The van der Waals surface area contributed by atoms with E-state index in [2.05, 4.69) is 26.7 Å². The van der Waals surface area contributed by atoms with Gasteiger partial charge < -0.3 is 10.4 Å². The molecule has 0 aliphatic rings. The molecule has 1 atom stereocenters. The Balaban J connectivity index is 2.07. The summed E-state index contributed by atoms with van der Waals surface area (Å²) in [4.78, 5) is 18.7. The third-order valence-corrected chi connectivity index (χ3v) is 3.18. The minimum Gasteiger partial charge on any atom is -0.477 e. The van der Waals surface area contributed by atoms with E-state index in [0.717, 1.165) is 6.42 Å². The van der Waals surface area contributed by atoms with E-state index in [1.165, 1.54) is 18.1 Å². The van der Waals surface area contributed by atoms with Gasteiger partial charge in [0.2, 0.25) is 0 Å². The van der Waals surface area contributed by atoms with Gasteiger partial charge in [0.15, 0.2) is 0 Å². The van der Waals surface area contributed by atoms with Gasteiger partial charge in [-0.1, -0.05) is 0 Å². The third kappa shape index (κ3) is 3.04. The van der Waals surface area contributed by atoms with Crippen molar-refractivity contribution in [3.05, 3.63) is 40.5 Å². The van der Waals surface area contributed by atoms with Gasteiger partial charge in [0, 0.05) is 12.2 Å². The second kappa shape index (κ2) is 5.59. The van der Waals surface area contributed by atoms with Crippen LogP contribution in [0, 0.1) is 0 Å². The van der Waals surface area contributed by atoms with E-state index < -0.39 is 5.97 Å². The molecule has 5 nitrogen and oxygen atoms in total. The van der Waals surface area contributed by atoms with Gasteiger partial charge in [-0.05, 0) is 35.7 Å². The molecule has 2 aromatic heterocycles. The van der Waals surface area contributed by atoms with Gasteiger partial charge >= 0.3 is 5.97 Å². The Morgan fingerprint density at radius 1 is 1.61 bits per heavy atom. The average Bonchev–Trinajstić information content (AvgIpc) is 2.82. The second-order valence-electron chi connectivity index (χ2n) is 3.97.